The first-order valence-electron chi connectivity index (χ1n) is 9.95. The molecule has 3 N–H and O–H groups in total. The van der Waals surface area contributed by atoms with Crippen molar-refractivity contribution >= 4 is 34.4 Å². The second-order valence-corrected chi connectivity index (χ2v) is 7.60. The number of carbonyl (C=O) groups is 1. The standard InChI is InChI=1S/C24H18ClN5O2/c25-17-9-10-21-20(12-17)29-23(32-21)19-14-27-30-22(19)16-7-4-8-18(11-16)28-24(31)26-13-15-5-2-1-3-6-15/h1-12,14H,13H2,(H,27,30)(H2,26,28,31). The molecular formula is C24H18ClN5O2. The van der Waals surface area contributed by atoms with E-state index in [1.807, 2.05) is 54.6 Å². The molecular weight excluding hydrogens is 426 g/mol. The van der Waals surface area contributed by atoms with Gasteiger partial charge in [0.25, 0.3) is 0 Å². The Hall–Kier alpha value is -4.10. The molecule has 0 aliphatic carbocycles. The number of oxazole rings is 1. The molecule has 2 amide bonds. The molecule has 32 heavy (non-hydrogen) atoms. The van der Waals surface area contributed by atoms with Crippen molar-refractivity contribution in [3.63, 3.8) is 0 Å². The molecule has 0 radical (unpaired) electrons. The number of fused-ring (bicyclic) bond motifs is 1. The molecule has 0 spiro atoms. The molecule has 5 rings (SSSR count). The van der Waals surface area contributed by atoms with Gasteiger partial charge in [-0.15, -0.1) is 0 Å². The molecule has 0 atom stereocenters. The first-order chi connectivity index (χ1) is 15.7. The number of nitrogens with zero attached hydrogens (tertiary/aromatic N) is 2. The summed E-state index contributed by atoms with van der Waals surface area (Å²) in [5.41, 5.74) is 5.26. The SMILES string of the molecule is O=C(NCc1ccccc1)Nc1cccc(-c2[nH]ncc2-c2nc3cc(Cl)ccc3o2)c1. The molecule has 7 nitrogen and oxygen atoms in total. The number of amides is 2. The van der Waals surface area contributed by atoms with Crippen molar-refractivity contribution in [2.45, 2.75) is 6.54 Å². The molecule has 158 valence electrons. The largest absolute Gasteiger partial charge is 0.436 e. The Bertz CT molecular complexity index is 1390. The van der Waals surface area contributed by atoms with Gasteiger partial charge in [0.2, 0.25) is 5.89 Å². The summed E-state index contributed by atoms with van der Waals surface area (Å²) in [6, 6.07) is 22.2. The zero-order chi connectivity index (χ0) is 21.9. The Morgan fingerprint density at radius 3 is 2.78 bits per heavy atom. The van der Waals surface area contributed by atoms with E-state index in [0.29, 0.717) is 39.8 Å². The normalized spacial score (nSPS) is 10.9. The average Bonchev–Trinajstić information content (AvgIpc) is 3.45. The zero-order valence-corrected chi connectivity index (χ0v) is 17.6. The molecule has 0 bridgehead atoms. The van der Waals surface area contributed by atoms with Gasteiger partial charge in [-0.3, -0.25) is 5.10 Å². The summed E-state index contributed by atoms with van der Waals surface area (Å²) in [7, 11) is 0. The summed E-state index contributed by atoms with van der Waals surface area (Å²) in [6.45, 7) is 0.443. The van der Waals surface area contributed by atoms with Gasteiger partial charge < -0.3 is 15.1 Å². The number of rotatable bonds is 5. The number of anilines is 1. The Kier molecular flexibility index (Phi) is 5.31. The quantitative estimate of drug-likeness (QED) is 0.317. The molecule has 2 heterocycles. The van der Waals surface area contributed by atoms with Gasteiger partial charge in [-0.1, -0.05) is 54.1 Å². The first-order valence-corrected chi connectivity index (χ1v) is 10.3. The van der Waals surface area contributed by atoms with E-state index < -0.39 is 0 Å². The predicted octanol–water partition coefficient (Wildman–Crippen LogP) is 5.86. The van der Waals surface area contributed by atoms with Gasteiger partial charge >= 0.3 is 6.03 Å². The summed E-state index contributed by atoms with van der Waals surface area (Å²) in [5.74, 6) is 0.435. The third kappa shape index (κ3) is 4.19. The van der Waals surface area contributed by atoms with E-state index in [1.54, 1.807) is 24.4 Å². The minimum absolute atomic E-state index is 0.285. The van der Waals surface area contributed by atoms with Crippen LogP contribution in [-0.4, -0.2) is 21.2 Å². The lowest BCUT2D eigenvalue weighted by atomic mass is 10.1. The van der Waals surface area contributed by atoms with Crippen LogP contribution < -0.4 is 10.6 Å². The van der Waals surface area contributed by atoms with Crippen molar-refractivity contribution in [3.05, 3.63) is 89.6 Å². The van der Waals surface area contributed by atoms with Crippen LogP contribution in [0, 0.1) is 0 Å². The van der Waals surface area contributed by atoms with Gasteiger partial charge in [0.05, 0.1) is 17.5 Å². The maximum absolute atomic E-state index is 12.3. The second kappa shape index (κ2) is 8.56. The van der Waals surface area contributed by atoms with Crippen molar-refractivity contribution in [3.8, 4) is 22.7 Å². The van der Waals surface area contributed by atoms with E-state index in [-0.39, 0.29) is 6.03 Å². The lowest BCUT2D eigenvalue weighted by Crippen LogP contribution is -2.28. The van der Waals surface area contributed by atoms with Crippen molar-refractivity contribution in [2.24, 2.45) is 0 Å². The van der Waals surface area contributed by atoms with E-state index in [0.717, 1.165) is 16.8 Å². The number of aromatic amines is 1. The summed E-state index contributed by atoms with van der Waals surface area (Å²) in [6.07, 6.45) is 1.66. The minimum Gasteiger partial charge on any atom is -0.436 e. The second-order valence-electron chi connectivity index (χ2n) is 7.16. The number of benzene rings is 3. The van der Waals surface area contributed by atoms with E-state index >= 15 is 0 Å². The smallest absolute Gasteiger partial charge is 0.319 e. The van der Waals surface area contributed by atoms with Crippen LogP contribution >= 0.6 is 11.6 Å². The number of hydrogen-bond donors (Lipinski definition) is 3. The molecule has 8 heteroatoms. The molecule has 5 aromatic rings. The molecule has 0 saturated heterocycles. The molecule has 0 aliphatic rings. The first kappa shape index (κ1) is 19.8. The van der Waals surface area contributed by atoms with Crippen LogP contribution in [0.2, 0.25) is 5.02 Å². The van der Waals surface area contributed by atoms with Crippen molar-refractivity contribution in [2.75, 3.05) is 5.32 Å². The van der Waals surface area contributed by atoms with E-state index in [1.165, 1.54) is 0 Å². The lowest BCUT2D eigenvalue weighted by molar-refractivity contribution is 0.251. The van der Waals surface area contributed by atoms with E-state index in [9.17, 15) is 4.79 Å². The number of hydrogen-bond acceptors (Lipinski definition) is 4. The molecule has 2 aromatic heterocycles. The number of carbonyl (C=O) groups excluding carboxylic acids is 1. The third-order valence-electron chi connectivity index (χ3n) is 4.92. The highest BCUT2D eigenvalue weighted by molar-refractivity contribution is 6.31. The van der Waals surface area contributed by atoms with Crippen LogP contribution in [0.1, 0.15) is 5.56 Å². The minimum atomic E-state index is -0.285. The van der Waals surface area contributed by atoms with Gasteiger partial charge in [-0.2, -0.15) is 5.10 Å². The Morgan fingerprint density at radius 2 is 1.91 bits per heavy atom. The summed E-state index contributed by atoms with van der Waals surface area (Å²) < 4.78 is 5.89. The molecule has 0 saturated carbocycles. The fourth-order valence-corrected chi connectivity index (χ4v) is 3.56. The van der Waals surface area contributed by atoms with Crippen molar-refractivity contribution < 1.29 is 9.21 Å². The van der Waals surface area contributed by atoms with E-state index in [2.05, 4.69) is 25.8 Å². The summed E-state index contributed by atoms with van der Waals surface area (Å²) in [4.78, 5) is 16.9. The number of urea groups is 1. The van der Waals surface area contributed by atoms with Crippen molar-refractivity contribution in [1.82, 2.24) is 20.5 Å². The lowest BCUT2D eigenvalue weighted by Gasteiger charge is -2.09. The topological polar surface area (TPSA) is 95.8 Å². The molecule has 0 fully saturated rings. The van der Waals surface area contributed by atoms with Crippen LogP contribution in [0.5, 0.6) is 0 Å². The summed E-state index contributed by atoms with van der Waals surface area (Å²) in [5, 5.41) is 13.5. The Balaban J connectivity index is 1.36. The monoisotopic (exact) mass is 443 g/mol. The molecule has 3 aromatic carbocycles. The van der Waals surface area contributed by atoms with Gasteiger partial charge in [0.15, 0.2) is 5.58 Å². The van der Waals surface area contributed by atoms with Crippen LogP contribution in [0.4, 0.5) is 10.5 Å². The van der Waals surface area contributed by atoms with E-state index in [4.69, 9.17) is 16.0 Å². The highest BCUT2D eigenvalue weighted by Gasteiger charge is 2.16. The number of halogens is 1. The van der Waals surface area contributed by atoms with Gasteiger partial charge in [0, 0.05) is 22.8 Å². The average molecular weight is 444 g/mol. The zero-order valence-electron chi connectivity index (χ0n) is 16.8. The summed E-state index contributed by atoms with van der Waals surface area (Å²) >= 11 is 6.06. The maximum Gasteiger partial charge on any atom is 0.319 e. The van der Waals surface area contributed by atoms with Gasteiger partial charge in [-0.25, -0.2) is 9.78 Å². The Labute approximate surface area is 188 Å². The maximum atomic E-state index is 12.3. The van der Waals surface area contributed by atoms with Crippen LogP contribution in [-0.2, 0) is 6.54 Å². The van der Waals surface area contributed by atoms with Crippen LogP contribution in [0.15, 0.2) is 83.4 Å². The van der Waals surface area contributed by atoms with Crippen molar-refractivity contribution in [1.29, 1.82) is 0 Å². The molecule has 0 unspecified atom stereocenters. The fraction of sp³-hybridized carbons (Fsp3) is 0.0417. The number of nitrogens with one attached hydrogen (secondary N) is 3. The highest BCUT2D eigenvalue weighted by Crippen LogP contribution is 2.33. The predicted molar refractivity (Wildman–Crippen MR) is 124 cm³/mol. The van der Waals surface area contributed by atoms with Crippen LogP contribution in [0.3, 0.4) is 0 Å². The van der Waals surface area contributed by atoms with Crippen LogP contribution in [0.25, 0.3) is 33.8 Å². The fourth-order valence-electron chi connectivity index (χ4n) is 3.39. The van der Waals surface area contributed by atoms with Gasteiger partial charge in [0.1, 0.15) is 5.52 Å². The Morgan fingerprint density at radius 1 is 1.03 bits per heavy atom. The number of H-pyrrole nitrogens is 1. The van der Waals surface area contributed by atoms with Gasteiger partial charge in [-0.05, 0) is 35.9 Å². The highest BCUT2D eigenvalue weighted by atomic mass is 35.5. The number of aromatic nitrogens is 3. The third-order valence-corrected chi connectivity index (χ3v) is 5.16. The molecule has 0 aliphatic heterocycles.